The minimum absolute atomic E-state index is 0.0238. The number of ketones is 1. The van der Waals surface area contributed by atoms with Crippen LogP contribution in [0.2, 0.25) is 0 Å². The van der Waals surface area contributed by atoms with Gasteiger partial charge in [0.05, 0.1) is 29.5 Å². The molecular weight excluding hydrogens is 462 g/mol. The van der Waals surface area contributed by atoms with E-state index in [0.717, 1.165) is 0 Å². The highest BCUT2D eigenvalue weighted by Crippen LogP contribution is 2.24. The van der Waals surface area contributed by atoms with Crippen LogP contribution in [0.25, 0.3) is 16.6 Å². The summed E-state index contributed by atoms with van der Waals surface area (Å²) in [4.78, 5) is 43.5. The molecule has 35 heavy (non-hydrogen) atoms. The molecule has 178 valence electrons. The van der Waals surface area contributed by atoms with Crippen molar-refractivity contribution in [2.75, 3.05) is 12.9 Å². The highest BCUT2D eigenvalue weighted by molar-refractivity contribution is 7.99. The molecule has 0 saturated carbocycles. The molecule has 0 fully saturated rings. The van der Waals surface area contributed by atoms with Gasteiger partial charge in [0.25, 0.3) is 11.5 Å². The minimum Gasteiger partial charge on any atom is -0.497 e. The molecule has 1 heterocycles. The summed E-state index contributed by atoms with van der Waals surface area (Å²) in [6.45, 7) is 3.76. The smallest absolute Gasteiger partial charge is 0.266 e. The first-order valence-electron chi connectivity index (χ1n) is 11.1. The topological polar surface area (TPSA) is 90.3 Å². The van der Waals surface area contributed by atoms with Gasteiger partial charge in [0.2, 0.25) is 0 Å². The number of aromatic nitrogens is 2. The van der Waals surface area contributed by atoms with Gasteiger partial charge in [0.15, 0.2) is 10.9 Å². The van der Waals surface area contributed by atoms with E-state index in [2.05, 4.69) is 5.32 Å². The van der Waals surface area contributed by atoms with Gasteiger partial charge in [-0.2, -0.15) is 0 Å². The Morgan fingerprint density at radius 2 is 1.71 bits per heavy atom. The van der Waals surface area contributed by atoms with Crippen LogP contribution in [0.1, 0.15) is 34.6 Å². The zero-order chi connectivity index (χ0) is 24.9. The quantitative estimate of drug-likeness (QED) is 0.223. The van der Waals surface area contributed by atoms with Gasteiger partial charge in [0, 0.05) is 17.2 Å². The normalized spacial score (nSPS) is 11.0. The molecule has 0 bridgehead atoms. The number of nitrogens with zero attached hydrogens (tertiary/aromatic N) is 2. The second-order valence-corrected chi connectivity index (χ2v) is 9.11. The number of carbonyl (C=O) groups excluding carboxylic acids is 2. The third-order valence-electron chi connectivity index (χ3n) is 5.28. The van der Waals surface area contributed by atoms with Gasteiger partial charge in [-0.25, -0.2) is 4.98 Å². The standard InChI is InChI=1S/C27H25N3O4S/c1-17(2)28-25(32)19-9-14-22-23(15-19)29-27(35-16-24(31)18-7-5-4-6-8-18)30(26(22)33)20-10-12-21(34-3)13-11-20/h4-15,17H,16H2,1-3H3,(H,28,32). The molecule has 0 radical (unpaired) electrons. The van der Waals surface area contributed by atoms with Gasteiger partial charge in [-0.15, -0.1) is 0 Å². The Labute approximate surface area is 207 Å². The Morgan fingerprint density at radius 3 is 2.37 bits per heavy atom. The number of Topliss-reactive ketones (excluding diaryl/α,β-unsaturated/α-hetero) is 1. The average molecular weight is 488 g/mol. The molecule has 3 aromatic carbocycles. The third kappa shape index (κ3) is 5.44. The number of methoxy groups -OCH3 is 1. The molecule has 0 aliphatic carbocycles. The van der Waals surface area contributed by atoms with Gasteiger partial charge in [-0.1, -0.05) is 42.1 Å². The first kappa shape index (κ1) is 24.2. The number of hydrogen-bond acceptors (Lipinski definition) is 6. The first-order valence-corrected chi connectivity index (χ1v) is 12.1. The fourth-order valence-electron chi connectivity index (χ4n) is 3.55. The van der Waals surface area contributed by atoms with Crippen molar-refractivity contribution in [2.24, 2.45) is 0 Å². The van der Waals surface area contributed by atoms with E-state index in [1.807, 2.05) is 32.0 Å². The van der Waals surface area contributed by atoms with Crippen molar-refractivity contribution in [2.45, 2.75) is 25.0 Å². The molecule has 1 amide bonds. The summed E-state index contributed by atoms with van der Waals surface area (Å²) >= 11 is 1.18. The summed E-state index contributed by atoms with van der Waals surface area (Å²) in [5, 5.41) is 3.58. The number of benzene rings is 3. The van der Waals surface area contributed by atoms with Crippen molar-refractivity contribution >= 4 is 34.4 Å². The van der Waals surface area contributed by atoms with Crippen LogP contribution in [0.5, 0.6) is 5.75 Å². The Morgan fingerprint density at radius 1 is 1.00 bits per heavy atom. The fourth-order valence-corrected chi connectivity index (χ4v) is 4.45. The van der Waals surface area contributed by atoms with Crippen LogP contribution in [0.15, 0.2) is 82.7 Å². The van der Waals surface area contributed by atoms with Crippen LogP contribution < -0.4 is 15.6 Å². The van der Waals surface area contributed by atoms with E-state index < -0.39 is 0 Å². The van der Waals surface area contributed by atoms with Gasteiger partial charge in [-0.05, 0) is 56.3 Å². The van der Waals surface area contributed by atoms with Crippen LogP contribution >= 0.6 is 11.8 Å². The lowest BCUT2D eigenvalue weighted by molar-refractivity contribution is 0.0942. The summed E-state index contributed by atoms with van der Waals surface area (Å²) in [6, 6.07) is 20.8. The van der Waals surface area contributed by atoms with Crippen molar-refractivity contribution in [1.29, 1.82) is 0 Å². The third-order valence-corrected chi connectivity index (χ3v) is 6.22. The Balaban J connectivity index is 1.79. The summed E-state index contributed by atoms with van der Waals surface area (Å²) in [5.41, 5.74) is 1.71. The highest BCUT2D eigenvalue weighted by atomic mass is 32.2. The van der Waals surface area contributed by atoms with E-state index in [-0.39, 0.29) is 29.0 Å². The molecule has 4 aromatic rings. The number of nitrogens with one attached hydrogen (secondary N) is 1. The van der Waals surface area contributed by atoms with E-state index in [1.165, 1.54) is 16.3 Å². The molecule has 0 unspecified atom stereocenters. The fraction of sp³-hybridized carbons (Fsp3) is 0.185. The SMILES string of the molecule is COc1ccc(-n2c(SCC(=O)c3ccccc3)nc3cc(C(=O)NC(C)C)ccc3c2=O)cc1. The van der Waals surface area contributed by atoms with Gasteiger partial charge in [0.1, 0.15) is 5.75 Å². The first-order chi connectivity index (χ1) is 16.9. The summed E-state index contributed by atoms with van der Waals surface area (Å²) in [7, 11) is 1.57. The van der Waals surface area contributed by atoms with E-state index in [4.69, 9.17) is 9.72 Å². The maximum atomic E-state index is 13.6. The number of amides is 1. The van der Waals surface area contributed by atoms with E-state index in [1.54, 1.807) is 61.7 Å². The predicted molar refractivity (Wildman–Crippen MR) is 138 cm³/mol. The largest absolute Gasteiger partial charge is 0.497 e. The summed E-state index contributed by atoms with van der Waals surface area (Å²) in [5.74, 6) is 0.448. The summed E-state index contributed by atoms with van der Waals surface area (Å²) in [6.07, 6.45) is 0. The highest BCUT2D eigenvalue weighted by Gasteiger charge is 2.17. The van der Waals surface area contributed by atoms with Crippen LogP contribution in [0.3, 0.4) is 0 Å². The Kier molecular flexibility index (Phi) is 7.31. The monoisotopic (exact) mass is 487 g/mol. The molecule has 1 N–H and O–H groups in total. The van der Waals surface area contributed by atoms with Gasteiger partial charge in [-0.3, -0.25) is 19.0 Å². The van der Waals surface area contributed by atoms with Crippen molar-refractivity contribution < 1.29 is 14.3 Å². The van der Waals surface area contributed by atoms with Crippen LogP contribution in [0, 0.1) is 0 Å². The number of fused-ring (bicyclic) bond motifs is 1. The number of carbonyl (C=O) groups is 2. The van der Waals surface area contributed by atoms with Gasteiger partial charge >= 0.3 is 0 Å². The van der Waals surface area contributed by atoms with E-state index >= 15 is 0 Å². The lowest BCUT2D eigenvalue weighted by Crippen LogP contribution is -2.30. The molecule has 0 saturated heterocycles. The van der Waals surface area contributed by atoms with E-state index in [0.29, 0.717) is 38.6 Å². The number of hydrogen-bond donors (Lipinski definition) is 1. The molecule has 0 aliphatic rings. The maximum Gasteiger partial charge on any atom is 0.266 e. The van der Waals surface area contributed by atoms with E-state index in [9.17, 15) is 14.4 Å². The van der Waals surface area contributed by atoms with Crippen molar-refractivity contribution in [3.05, 3.63) is 94.3 Å². The van der Waals surface area contributed by atoms with Crippen LogP contribution in [-0.4, -0.2) is 40.1 Å². The molecule has 4 rings (SSSR count). The Bertz CT molecular complexity index is 1430. The number of ether oxygens (including phenoxy) is 1. The van der Waals surface area contributed by atoms with Crippen molar-refractivity contribution in [1.82, 2.24) is 14.9 Å². The zero-order valence-corrected chi connectivity index (χ0v) is 20.5. The average Bonchev–Trinajstić information content (AvgIpc) is 2.87. The zero-order valence-electron chi connectivity index (χ0n) is 19.6. The molecule has 8 heteroatoms. The molecule has 0 atom stereocenters. The second kappa shape index (κ2) is 10.6. The molecule has 1 aromatic heterocycles. The Hall–Kier alpha value is -3.91. The molecule has 0 spiro atoms. The molecule has 0 aliphatic heterocycles. The summed E-state index contributed by atoms with van der Waals surface area (Å²) < 4.78 is 6.72. The number of rotatable bonds is 8. The molecular formula is C27H25N3O4S. The van der Waals surface area contributed by atoms with Gasteiger partial charge < -0.3 is 10.1 Å². The second-order valence-electron chi connectivity index (χ2n) is 8.17. The van der Waals surface area contributed by atoms with Crippen molar-refractivity contribution in [3.8, 4) is 11.4 Å². The molecule has 7 nitrogen and oxygen atoms in total. The van der Waals surface area contributed by atoms with Crippen molar-refractivity contribution in [3.63, 3.8) is 0 Å². The van der Waals surface area contributed by atoms with Crippen LogP contribution in [0.4, 0.5) is 0 Å². The maximum absolute atomic E-state index is 13.6. The van der Waals surface area contributed by atoms with Crippen LogP contribution in [-0.2, 0) is 0 Å². The number of thioether (sulfide) groups is 1. The predicted octanol–water partition coefficient (Wildman–Crippen LogP) is 4.51. The lowest BCUT2D eigenvalue weighted by atomic mass is 10.1. The lowest BCUT2D eigenvalue weighted by Gasteiger charge is -2.14. The minimum atomic E-state index is -0.286.